The molecule has 0 rings (SSSR count). The first kappa shape index (κ1) is 17.1. The molecular formula is C12H24N2O3S. The Morgan fingerprint density at radius 1 is 1.33 bits per heavy atom. The minimum Gasteiger partial charge on any atom is -0.480 e. The van der Waals surface area contributed by atoms with Crippen LogP contribution in [0, 0.1) is 5.41 Å². The van der Waals surface area contributed by atoms with Gasteiger partial charge in [0.15, 0.2) is 0 Å². The normalized spacial score (nSPS) is 14.7. The Bertz CT molecular complexity index is 290. The molecule has 0 aromatic rings. The van der Waals surface area contributed by atoms with Crippen LogP contribution in [0.5, 0.6) is 0 Å². The summed E-state index contributed by atoms with van der Waals surface area (Å²) in [5.41, 5.74) is -0.518. The van der Waals surface area contributed by atoms with Crippen molar-refractivity contribution in [3.05, 3.63) is 0 Å². The summed E-state index contributed by atoms with van der Waals surface area (Å²) in [5, 5.41) is 14.7. The van der Waals surface area contributed by atoms with Gasteiger partial charge in [-0.3, -0.25) is 0 Å². The van der Waals surface area contributed by atoms with Crippen molar-refractivity contribution < 1.29 is 14.7 Å². The molecule has 3 N–H and O–H groups in total. The summed E-state index contributed by atoms with van der Waals surface area (Å²) in [6, 6.07) is -1.32. The Kier molecular flexibility index (Phi) is 7.13. The molecule has 0 bridgehead atoms. The fraction of sp³-hybridized carbons (Fsp3) is 0.833. The standard InChI is InChI=1S/C12H24N2O3S/c1-8(18-5)6-7-13-11(17)14-9(10(15)16)12(2,3)4/h8-9H,6-7H2,1-5H3,(H,15,16)(H2,13,14,17)/t8?,9-/m1/s1. The maximum atomic E-state index is 11.6. The van der Waals surface area contributed by atoms with Gasteiger partial charge in [0.25, 0.3) is 0 Å². The van der Waals surface area contributed by atoms with Gasteiger partial charge in [-0.05, 0) is 18.1 Å². The minimum atomic E-state index is -1.02. The van der Waals surface area contributed by atoms with Crippen molar-refractivity contribution in [2.24, 2.45) is 5.41 Å². The number of aliphatic carboxylic acids is 1. The lowest BCUT2D eigenvalue weighted by molar-refractivity contribution is -0.141. The van der Waals surface area contributed by atoms with Crippen molar-refractivity contribution in [1.82, 2.24) is 10.6 Å². The molecule has 0 saturated carbocycles. The van der Waals surface area contributed by atoms with E-state index in [4.69, 9.17) is 5.11 Å². The number of carboxylic acids is 1. The molecule has 0 aromatic carbocycles. The number of amides is 2. The molecule has 5 nitrogen and oxygen atoms in total. The van der Waals surface area contributed by atoms with Gasteiger partial charge in [-0.2, -0.15) is 11.8 Å². The lowest BCUT2D eigenvalue weighted by Gasteiger charge is -2.27. The Morgan fingerprint density at radius 3 is 2.28 bits per heavy atom. The van der Waals surface area contributed by atoms with Gasteiger partial charge in [-0.15, -0.1) is 0 Å². The number of nitrogens with one attached hydrogen (secondary N) is 2. The molecule has 0 fully saturated rings. The van der Waals surface area contributed by atoms with Crippen LogP contribution in [0.1, 0.15) is 34.1 Å². The molecule has 6 heteroatoms. The molecule has 0 aliphatic rings. The van der Waals surface area contributed by atoms with E-state index in [0.717, 1.165) is 6.42 Å². The van der Waals surface area contributed by atoms with Gasteiger partial charge in [0, 0.05) is 11.8 Å². The largest absolute Gasteiger partial charge is 0.480 e. The van der Waals surface area contributed by atoms with E-state index < -0.39 is 23.5 Å². The van der Waals surface area contributed by atoms with E-state index in [0.29, 0.717) is 11.8 Å². The number of thioether (sulfide) groups is 1. The second kappa shape index (κ2) is 7.51. The molecule has 1 unspecified atom stereocenters. The molecule has 0 aromatic heterocycles. The van der Waals surface area contributed by atoms with Crippen LogP contribution in [-0.2, 0) is 4.79 Å². The van der Waals surface area contributed by atoms with Crippen molar-refractivity contribution in [2.75, 3.05) is 12.8 Å². The second-order valence-electron chi connectivity index (χ2n) is 5.37. The highest BCUT2D eigenvalue weighted by atomic mass is 32.2. The van der Waals surface area contributed by atoms with Crippen LogP contribution in [0.15, 0.2) is 0 Å². The van der Waals surface area contributed by atoms with Crippen molar-refractivity contribution in [1.29, 1.82) is 0 Å². The van der Waals surface area contributed by atoms with Crippen LogP contribution in [0.3, 0.4) is 0 Å². The van der Waals surface area contributed by atoms with Gasteiger partial charge in [-0.25, -0.2) is 9.59 Å². The molecule has 2 amide bonds. The van der Waals surface area contributed by atoms with E-state index >= 15 is 0 Å². The van der Waals surface area contributed by atoms with Gasteiger partial charge >= 0.3 is 12.0 Å². The second-order valence-corrected chi connectivity index (χ2v) is 6.65. The van der Waals surface area contributed by atoms with E-state index in [2.05, 4.69) is 17.6 Å². The van der Waals surface area contributed by atoms with Gasteiger partial charge in [-0.1, -0.05) is 27.7 Å². The molecule has 2 atom stereocenters. The summed E-state index contributed by atoms with van der Waals surface area (Å²) in [6.45, 7) is 7.97. The average molecular weight is 276 g/mol. The molecule has 0 radical (unpaired) electrons. The van der Waals surface area contributed by atoms with Crippen molar-refractivity contribution in [3.63, 3.8) is 0 Å². The lowest BCUT2D eigenvalue weighted by atomic mass is 9.87. The molecule has 0 aliphatic heterocycles. The summed E-state index contributed by atoms with van der Waals surface area (Å²) in [4.78, 5) is 22.6. The van der Waals surface area contributed by atoms with E-state index in [-0.39, 0.29) is 0 Å². The summed E-state index contributed by atoms with van der Waals surface area (Å²) in [6.07, 6.45) is 2.88. The number of rotatable bonds is 6. The third kappa shape index (κ3) is 6.74. The molecule has 0 aliphatic carbocycles. The first-order valence-corrected chi connectivity index (χ1v) is 7.27. The van der Waals surface area contributed by atoms with Crippen LogP contribution in [-0.4, -0.2) is 41.2 Å². The zero-order valence-corrected chi connectivity index (χ0v) is 12.6. The van der Waals surface area contributed by atoms with Crippen LogP contribution < -0.4 is 10.6 Å². The SMILES string of the molecule is CSC(C)CCNC(=O)N[C@H](C(=O)O)C(C)(C)C. The van der Waals surface area contributed by atoms with Gasteiger partial charge in [0.1, 0.15) is 6.04 Å². The maximum absolute atomic E-state index is 11.6. The van der Waals surface area contributed by atoms with Crippen molar-refractivity contribution in [2.45, 2.75) is 45.4 Å². The topological polar surface area (TPSA) is 78.4 Å². The minimum absolute atomic E-state index is 0.425. The maximum Gasteiger partial charge on any atom is 0.326 e. The number of hydrogen-bond donors (Lipinski definition) is 3. The highest BCUT2D eigenvalue weighted by Gasteiger charge is 2.32. The molecule has 0 heterocycles. The smallest absolute Gasteiger partial charge is 0.326 e. The Balaban J connectivity index is 4.16. The number of carbonyl (C=O) groups is 2. The summed E-state index contributed by atoms with van der Waals surface area (Å²) < 4.78 is 0. The fourth-order valence-corrected chi connectivity index (χ4v) is 1.69. The third-order valence-electron chi connectivity index (χ3n) is 2.63. The van der Waals surface area contributed by atoms with E-state index in [1.165, 1.54) is 0 Å². The summed E-state index contributed by atoms with van der Waals surface area (Å²) in [7, 11) is 0. The van der Waals surface area contributed by atoms with Gasteiger partial charge in [0.2, 0.25) is 0 Å². The number of hydrogen-bond acceptors (Lipinski definition) is 3. The van der Waals surface area contributed by atoms with Crippen molar-refractivity contribution >= 4 is 23.8 Å². The fourth-order valence-electron chi connectivity index (χ4n) is 1.34. The molecule has 18 heavy (non-hydrogen) atoms. The number of carbonyl (C=O) groups excluding carboxylic acids is 1. The molecular weight excluding hydrogens is 252 g/mol. The molecule has 0 spiro atoms. The summed E-state index contributed by atoms with van der Waals surface area (Å²) >= 11 is 1.73. The monoisotopic (exact) mass is 276 g/mol. The van der Waals surface area contributed by atoms with Gasteiger partial charge in [0.05, 0.1) is 0 Å². The van der Waals surface area contributed by atoms with Crippen LogP contribution in [0.4, 0.5) is 4.79 Å². The predicted molar refractivity (Wildman–Crippen MR) is 75.0 cm³/mol. The Hall–Kier alpha value is -0.910. The van der Waals surface area contributed by atoms with Crippen LogP contribution in [0.25, 0.3) is 0 Å². The van der Waals surface area contributed by atoms with E-state index in [1.807, 2.05) is 6.26 Å². The third-order valence-corrected chi connectivity index (χ3v) is 3.67. The van der Waals surface area contributed by atoms with Crippen molar-refractivity contribution in [3.8, 4) is 0 Å². The zero-order chi connectivity index (χ0) is 14.3. The average Bonchev–Trinajstić information content (AvgIpc) is 2.23. The highest BCUT2D eigenvalue weighted by molar-refractivity contribution is 7.99. The highest BCUT2D eigenvalue weighted by Crippen LogP contribution is 2.19. The number of urea groups is 1. The zero-order valence-electron chi connectivity index (χ0n) is 11.7. The van der Waals surface area contributed by atoms with E-state index in [9.17, 15) is 9.59 Å². The lowest BCUT2D eigenvalue weighted by Crippen LogP contribution is -2.52. The quantitative estimate of drug-likeness (QED) is 0.692. The van der Waals surface area contributed by atoms with Crippen LogP contribution >= 0.6 is 11.8 Å². The predicted octanol–water partition coefficient (Wildman–Crippen LogP) is 1.93. The molecule has 0 saturated heterocycles. The number of carboxylic acid groups (broad SMARTS) is 1. The van der Waals surface area contributed by atoms with Gasteiger partial charge < -0.3 is 15.7 Å². The van der Waals surface area contributed by atoms with Crippen LogP contribution in [0.2, 0.25) is 0 Å². The van der Waals surface area contributed by atoms with E-state index in [1.54, 1.807) is 32.5 Å². The summed E-state index contributed by atoms with van der Waals surface area (Å²) in [5.74, 6) is -1.02. The Labute approximate surface area is 113 Å². The first-order chi connectivity index (χ1) is 8.18. The Morgan fingerprint density at radius 2 is 1.89 bits per heavy atom. The molecule has 106 valence electrons. The first-order valence-electron chi connectivity index (χ1n) is 5.98.